The highest BCUT2D eigenvalue weighted by Gasteiger charge is 2.20. The van der Waals surface area contributed by atoms with Gasteiger partial charge in [-0.2, -0.15) is 0 Å². The second-order valence-electron chi connectivity index (χ2n) is 12.3. The molecule has 0 bridgehead atoms. The molecule has 0 spiro atoms. The Morgan fingerprint density at radius 3 is 2.12 bits per heavy atom. The van der Waals surface area contributed by atoms with E-state index in [1.165, 1.54) is 10.8 Å². The number of benzene rings is 6. The lowest BCUT2D eigenvalue weighted by atomic mass is 9.99. The number of rotatable bonds is 4. The molecule has 0 atom stereocenters. The van der Waals surface area contributed by atoms with Gasteiger partial charge in [0.2, 0.25) is 0 Å². The van der Waals surface area contributed by atoms with Crippen LogP contribution in [0.25, 0.3) is 94.1 Å². The Hall–Kier alpha value is -6.33. The quantitative estimate of drug-likeness (QED) is 0.197. The fourth-order valence-electron chi connectivity index (χ4n) is 7.01. The van der Waals surface area contributed by atoms with Crippen molar-refractivity contribution in [1.82, 2.24) is 15.0 Å². The third-order valence-corrected chi connectivity index (χ3v) is 9.33. The molecule has 1 aliphatic carbocycles. The molecule has 0 saturated carbocycles. The molecule has 6 aromatic carbocycles. The highest BCUT2D eigenvalue weighted by Crippen LogP contribution is 2.41. The van der Waals surface area contributed by atoms with Crippen LogP contribution < -0.4 is 0 Å². The van der Waals surface area contributed by atoms with Gasteiger partial charge < -0.3 is 8.83 Å². The summed E-state index contributed by atoms with van der Waals surface area (Å²) in [7, 11) is 0. The average Bonchev–Trinajstić information content (AvgIpc) is 3.72. The molecule has 0 radical (unpaired) electrons. The number of hydrogen-bond donors (Lipinski definition) is 0. The SMILES string of the molecule is C1=CC(c2nc(-c3ccccc3)nc(-c3cccc4oc5cc(-c6cccc7c6oc6cc8ccccc8cc67)ccc5c34)n2)=CCC1. The van der Waals surface area contributed by atoms with Crippen molar-refractivity contribution in [2.24, 2.45) is 0 Å². The molecule has 1 aliphatic rings. The van der Waals surface area contributed by atoms with E-state index in [4.69, 9.17) is 23.8 Å². The van der Waals surface area contributed by atoms with Crippen LogP contribution in [0.1, 0.15) is 18.7 Å². The number of nitrogens with zero attached hydrogens (tertiary/aromatic N) is 3. The Labute approximate surface area is 275 Å². The Kier molecular flexibility index (Phi) is 5.93. The number of hydrogen-bond acceptors (Lipinski definition) is 5. The van der Waals surface area contributed by atoms with Crippen LogP contribution in [0.2, 0.25) is 0 Å². The smallest absolute Gasteiger partial charge is 0.164 e. The van der Waals surface area contributed by atoms with Gasteiger partial charge in [-0.3, -0.25) is 0 Å². The van der Waals surface area contributed by atoms with Gasteiger partial charge >= 0.3 is 0 Å². The summed E-state index contributed by atoms with van der Waals surface area (Å²) in [4.78, 5) is 15.0. The molecule has 5 heteroatoms. The van der Waals surface area contributed by atoms with Crippen LogP contribution in [0, 0.1) is 0 Å². The first-order chi connectivity index (χ1) is 23.8. The van der Waals surface area contributed by atoms with E-state index in [1.807, 2.05) is 42.5 Å². The van der Waals surface area contributed by atoms with Gasteiger partial charge in [0, 0.05) is 43.8 Å². The highest BCUT2D eigenvalue weighted by atomic mass is 16.3. The summed E-state index contributed by atoms with van der Waals surface area (Å²) in [5, 5.41) is 6.57. The molecular weight excluding hydrogens is 590 g/mol. The molecule has 0 aliphatic heterocycles. The van der Waals surface area contributed by atoms with Crippen LogP contribution in [-0.4, -0.2) is 15.0 Å². The van der Waals surface area contributed by atoms with Gasteiger partial charge in [-0.1, -0.05) is 109 Å². The minimum absolute atomic E-state index is 0.621. The van der Waals surface area contributed by atoms with Gasteiger partial charge in [0.25, 0.3) is 0 Å². The molecule has 10 rings (SSSR count). The van der Waals surface area contributed by atoms with Crippen LogP contribution in [0.3, 0.4) is 0 Å². The molecule has 0 N–H and O–H groups in total. The van der Waals surface area contributed by atoms with Crippen molar-refractivity contribution in [3.63, 3.8) is 0 Å². The molecule has 226 valence electrons. The monoisotopic (exact) mass is 617 g/mol. The molecular formula is C43H27N3O2. The second kappa shape index (κ2) is 10.6. The van der Waals surface area contributed by atoms with Crippen LogP contribution >= 0.6 is 0 Å². The minimum Gasteiger partial charge on any atom is -0.456 e. The maximum absolute atomic E-state index is 6.54. The number of fused-ring (bicyclic) bond motifs is 7. The molecule has 5 nitrogen and oxygen atoms in total. The summed E-state index contributed by atoms with van der Waals surface area (Å²) < 4.78 is 13.1. The van der Waals surface area contributed by atoms with Gasteiger partial charge in [-0.05, 0) is 59.5 Å². The summed E-state index contributed by atoms with van der Waals surface area (Å²) in [6.07, 6.45) is 8.48. The fourth-order valence-corrected chi connectivity index (χ4v) is 7.01. The first kappa shape index (κ1) is 26.8. The number of furan rings is 2. The molecule has 0 fully saturated rings. The van der Waals surface area contributed by atoms with E-state index in [1.54, 1.807) is 0 Å². The zero-order valence-corrected chi connectivity index (χ0v) is 25.9. The van der Waals surface area contributed by atoms with Gasteiger partial charge in [-0.25, -0.2) is 15.0 Å². The van der Waals surface area contributed by atoms with E-state index in [0.717, 1.165) is 84.5 Å². The van der Waals surface area contributed by atoms with Gasteiger partial charge in [-0.15, -0.1) is 0 Å². The predicted octanol–water partition coefficient (Wildman–Crippen LogP) is 11.6. The van der Waals surface area contributed by atoms with Gasteiger partial charge in [0.15, 0.2) is 17.5 Å². The highest BCUT2D eigenvalue weighted by molar-refractivity contribution is 6.15. The van der Waals surface area contributed by atoms with Crippen molar-refractivity contribution < 1.29 is 8.83 Å². The van der Waals surface area contributed by atoms with Crippen LogP contribution in [-0.2, 0) is 0 Å². The first-order valence-electron chi connectivity index (χ1n) is 16.3. The number of allylic oxidation sites excluding steroid dienone is 4. The standard InChI is InChI=1S/C43H27N3O2/c1-3-11-26(12-4-1)41-44-42(27-13-5-2-6-14-27)46-43(45-41)34-19-10-20-36-39(34)33-22-21-30(25-37(33)47-36)31-17-9-18-32-35-23-28-15-7-8-16-29(28)24-38(35)48-40(31)32/h1,3-5,7-25H,2,6H2. The average molecular weight is 618 g/mol. The van der Waals surface area contributed by atoms with Crippen LogP contribution in [0.4, 0.5) is 0 Å². The summed E-state index contributed by atoms with van der Waals surface area (Å²) >= 11 is 0. The van der Waals surface area contributed by atoms with Crippen LogP contribution in [0.5, 0.6) is 0 Å². The summed E-state index contributed by atoms with van der Waals surface area (Å²) in [5.74, 6) is 1.94. The molecule has 3 aromatic heterocycles. The Morgan fingerprint density at radius 2 is 1.25 bits per heavy atom. The number of aromatic nitrogens is 3. The van der Waals surface area contributed by atoms with E-state index >= 15 is 0 Å². The first-order valence-corrected chi connectivity index (χ1v) is 16.3. The maximum atomic E-state index is 6.54. The fraction of sp³-hybridized carbons (Fsp3) is 0.0465. The normalized spacial score (nSPS) is 13.3. The summed E-state index contributed by atoms with van der Waals surface area (Å²) in [5.41, 5.74) is 8.27. The Bertz CT molecular complexity index is 2790. The van der Waals surface area contributed by atoms with Crippen molar-refractivity contribution in [3.05, 3.63) is 145 Å². The Balaban J connectivity index is 1.14. The van der Waals surface area contributed by atoms with Crippen LogP contribution in [0.15, 0.2) is 148 Å². The van der Waals surface area contributed by atoms with E-state index in [2.05, 4.69) is 97.1 Å². The maximum Gasteiger partial charge on any atom is 0.164 e. The lowest BCUT2D eigenvalue weighted by Crippen LogP contribution is -2.03. The molecule has 3 heterocycles. The van der Waals surface area contributed by atoms with E-state index < -0.39 is 0 Å². The van der Waals surface area contributed by atoms with Gasteiger partial charge in [0.05, 0.1) is 0 Å². The molecule has 0 saturated heterocycles. The third-order valence-electron chi connectivity index (χ3n) is 9.33. The Morgan fingerprint density at radius 1 is 0.479 bits per heavy atom. The zero-order valence-electron chi connectivity index (χ0n) is 25.9. The van der Waals surface area contributed by atoms with Crippen molar-refractivity contribution >= 4 is 60.2 Å². The van der Waals surface area contributed by atoms with E-state index in [0.29, 0.717) is 17.5 Å². The van der Waals surface area contributed by atoms with Gasteiger partial charge in [0.1, 0.15) is 22.3 Å². The summed E-state index contributed by atoms with van der Waals surface area (Å²) in [6, 6.07) is 41.7. The zero-order chi connectivity index (χ0) is 31.6. The van der Waals surface area contributed by atoms with E-state index in [-0.39, 0.29) is 0 Å². The largest absolute Gasteiger partial charge is 0.456 e. The molecule has 48 heavy (non-hydrogen) atoms. The van der Waals surface area contributed by atoms with Crippen molar-refractivity contribution in [2.45, 2.75) is 12.8 Å². The topological polar surface area (TPSA) is 65.0 Å². The van der Waals surface area contributed by atoms with Crippen molar-refractivity contribution in [3.8, 4) is 33.9 Å². The van der Waals surface area contributed by atoms with E-state index in [9.17, 15) is 0 Å². The second-order valence-corrected chi connectivity index (χ2v) is 12.3. The minimum atomic E-state index is 0.621. The van der Waals surface area contributed by atoms with Crippen molar-refractivity contribution in [1.29, 1.82) is 0 Å². The molecule has 0 amide bonds. The lowest BCUT2D eigenvalue weighted by molar-refractivity contribution is 0.668. The summed E-state index contributed by atoms with van der Waals surface area (Å²) in [6.45, 7) is 0. The lowest BCUT2D eigenvalue weighted by Gasteiger charge is -2.11. The number of para-hydroxylation sites is 1. The molecule has 0 unspecified atom stereocenters. The van der Waals surface area contributed by atoms with Crippen molar-refractivity contribution in [2.75, 3.05) is 0 Å². The molecule has 9 aromatic rings. The third kappa shape index (κ3) is 4.28. The predicted molar refractivity (Wildman–Crippen MR) is 195 cm³/mol.